The Bertz CT molecular complexity index is 713. The van der Waals surface area contributed by atoms with Crippen molar-refractivity contribution in [3.63, 3.8) is 0 Å². The Morgan fingerprint density at radius 1 is 1.43 bits per heavy atom. The molecule has 1 aromatic carbocycles. The Morgan fingerprint density at radius 3 is 3.00 bits per heavy atom. The predicted octanol–water partition coefficient (Wildman–Crippen LogP) is 1.52. The molecule has 0 saturated carbocycles. The summed E-state index contributed by atoms with van der Waals surface area (Å²) < 4.78 is 10.7. The molecule has 0 aromatic heterocycles. The topological polar surface area (TPSA) is 83.9 Å². The normalized spacial score (nSPS) is 17.6. The zero-order valence-electron chi connectivity index (χ0n) is 11.5. The van der Waals surface area contributed by atoms with Crippen LogP contribution in [-0.2, 0) is 4.74 Å². The number of anilines is 1. The first-order chi connectivity index (χ1) is 10.3. The van der Waals surface area contributed by atoms with Gasteiger partial charge in [-0.15, -0.1) is 0 Å². The van der Waals surface area contributed by atoms with Gasteiger partial charge in [0.15, 0.2) is 0 Å². The fourth-order valence-electron chi connectivity index (χ4n) is 2.35. The van der Waals surface area contributed by atoms with Gasteiger partial charge in [0.05, 0.1) is 26.0 Å². The fraction of sp³-hybridized carbons (Fsp3) is 0.200. The molecule has 0 aliphatic carbocycles. The van der Waals surface area contributed by atoms with Crippen molar-refractivity contribution < 1.29 is 9.47 Å². The summed E-state index contributed by atoms with van der Waals surface area (Å²) in [5.74, 6) is 0.921. The van der Waals surface area contributed by atoms with Gasteiger partial charge in [-0.05, 0) is 18.2 Å². The molecule has 21 heavy (non-hydrogen) atoms. The minimum Gasteiger partial charge on any atom is -0.494 e. The van der Waals surface area contributed by atoms with E-state index in [9.17, 15) is 5.26 Å². The molecule has 0 amide bonds. The van der Waals surface area contributed by atoms with Gasteiger partial charge in [-0.2, -0.15) is 10.4 Å². The van der Waals surface area contributed by atoms with E-state index in [1.165, 1.54) is 5.01 Å². The summed E-state index contributed by atoms with van der Waals surface area (Å²) in [6.45, 7) is 0.817. The van der Waals surface area contributed by atoms with Crippen molar-refractivity contribution in [1.29, 1.82) is 5.26 Å². The zero-order valence-corrected chi connectivity index (χ0v) is 11.5. The number of allylic oxidation sites excluding steroid dienone is 1. The molecule has 0 fully saturated rings. The monoisotopic (exact) mass is 282 g/mol. The molecule has 0 spiro atoms. The van der Waals surface area contributed by atoms with E-state index in [1.54, 1.807) is 7.11 Å². The lowest BCUT2D eigenvalue weighted by molar-refractivity contribution is 0.199. The zero-order chi connectivity index (χ0) is 14.8. The highest BCUT2D eigenvalue weighted by atomic mass is 16.5. The Morgan fingerprint density at radius 2 is 2.24 bits per heavy atom. The second-order valence-electron chi connectivity index (χ2n) is 4.54. The number of para-hydroxylation sites is 2. The molecule has 0 radical (unpaired) electrons. The molecule has 6 nitrogen and oxygen atoms in total. The van der Waals surface area contributed by atoms with Gasteiger partial charge in [0.25, 0.3) is 0 Å². The summed E-state index contributed by atoms with van der Waals surface area (Å²) in [7, 11) is 1.58. The Labute approximate surface area is 122 Å². The predicted molar refractivity (Wildman–Crippen MR) is 78.6 cm³/mol. The second kappa shape index (κ2) is 5.31. The van der Waals surface area contributed by atoms with E-state index in [4.69, 9.17) is 15.2 Å². The molecule has 106 valence electrons. The largest absolute Gasteiger partial charge is 0.494 e. The first kappa shape index (κ1) is 13.2. The van der Waals surface area contributed by atoms with Crippen LogP contribution in [0.5, 0.6) is 5.75 Å². The Kier molecular flexibility index (Phi) is 3.34. The first-order valence-corrected chi connectivity index (χ1v) is 6.45. The highest BCUT2D eigenvalue weighted by Crippen LogP contribution is 2.34. The van der Waals surface area contributed by atoms with E-state index < -0.39 is 0 Å². The van der Waals surface area contributed by atoms with Gasteiger partial charge in [-0.25, -0.2) is 5.01 Å². The third-order valence-corrected chi connectivity index (χ3v) is 3.35. The number of fused-ring (bicyclic) bond motifs is 1. The van der Waals surface area contributed by atoms with E-state index in [2.05, 4.69) is 11.2 Å². The van der Waals surface area contributed by atoms with Gasteiger partial charge in [0.2, 0.25) is 0 Å². The average Bonchev–Trinajstić information content (AvgIpc) is 2.54. The van der Waals surface area contributed by atoms with Crippen molar-refractivity contribution in [2.45, 2.75) is 0 Å². The van der Waals surface area contributed by atoms with Crippen LogP contribution in [0, 0.1) is 11.3 Å². The van der Waals surface area contributed by atoms with E-state index in [1.807, 2.05) is 30.3 Å². The molecule has 2 aliphatic heterocycles. The maximum Gasteiger partial charge on any atom is 0.144 e. The van der Waals surface area contributed by atoms with Crippen LogP contribution < -0.4 is 15.5 Å². The van der Waals surface area contributed by atoms with Crippen LogP contribution in [0.4, 0.5) is 5.69 Å². The standard InChI is InChI=1S/C15H14N4O2/c1-20-14-5-3-2-4-13(14)19-15(17)11(8-16)10-6-7-21-9-12(10)18-19/h2-6H,7,9,17H2,1H3. The highest BCUT2D eigenvalue weighted by molar-refractivity contribution is 6.08. The molecule has 2 N–H and O–H groups in total. The van der Waals surface area contributed by atoms with E-state index in [0.29, 0.717) is 41.8 Å². The van der Waals surface area contributed by atoms with E-state index in [0.717, 1.165) is 5.57 Å². The van der Waals surface area contributed by atoms with Crippen LogP contribution >= 0.6 is 0 Å². The third-order valence-electron chi connectivity index (χ3n) is 3.35. The third kappa shape index (κ3) is 2.14. The molecule has 0 unspecified atom stereocenters. The van der Waals surface area contributed by atoms with Gasteiger partial charge in [0, 0.05) is 5.57 Å². The van der Waals surface area contributed by atoms with Gasteiger partial charge in [-0.1, -0.05) is 12.1 Å². The van der Waals surface area contributed by atoms with Crippen LogP contribution in [0.1, 0.15) is 0 Å². The van der Waals surface area contributed by atoms with E-state index >= 15 is 0 Å². The van der Waals surface area contributed by atoms with Crippen LogP contribution in [0.15, 0.2) is 52.4 Å². The van der Waals surface area contributed by atoms with Crippen molar-refractivity contribution >= 4 is 11.4 Å². The number of ether oxygens (including phenoxy) is 2. The van der Waals surface area contributed by atoms with Crippen LogP contribution in [0.25, 0.3) is 0 Å². The van der Waals surface area contributed by atoms with Gasteiger partial charge < -0.3 is 15.2 Å². The Hall–Kier alpha value is -2.78. The quantitative estimate of drug-likeness (QED) is 0.889. The number of hydrogen-bond donors (Lipinski definition) is 1. The Balaban J connectivity index is 2.15. The number of nitriles is 1. The maximum absolute atomic E-state index is 9.41. The fourth-order valence-corrected chi connectivity index (χ4v) is 2.35. The lowest BCUT2D eigenvalue weighted by atomic mass is 9.99. The molecular formula is C15H14N4O2. The smallest absolute Gasteiger partial charge is 0.144 e. The minimum atomic E-state index is 0.291. The van der Waals surface area contributed by atoms with Crippen molar-refractivity contribution in [3.05, 3.63) is 47.3 Å². The summed E-state index contributed by atoms with van der Waals surface area (Å²) in [4.78, 5) is 0. The number of hydrogen-bond acceptors (Lipinski definition) is 6. The molecule has 1 aromatic rings. The number of nitrogens with zero attached hydrogens (tertiary/aromatic N) is 3. The van der Waals surface area contributed by atoms with Crippen LogP contribution in [0.3, 0.4) is 0 Å². The molecule has 0 atom stereocenters. The molecule has 2 aliphatic rings. The lowest BCUT2D eigenvalue weighted by Gasteiger charge is -2.29. The molecule has 0 bridgehead atoms. The first-order valence-electron chi connectivity index (χ1n) is 6.45. The average molecular weight is 282 g/mol. The lowest BCUT2D eigenvalue weighted by Crippen LogP contribution is -2.34. The molecule has 6 heteroatoms. The minimum absolute atomic E-state index is 0.291. The summed E-state index contributed by atoms with van der Waals surface area (Å²) >= 11 is 0. The molecule has 2 heterocycles. The van der Waals surface area contributed by atoms with Crippen molar-refractivity contribution in [3.8, 4) is 11.8 Å². The SMILES string of the molecule is COc1ccccc1N1N=C2COCC=C2C(C#N)=C1N. The highest BCUT2D eigenvalue weighted by Gasteiger charge is 2.29. The van der Waals surface area contributed by atoms with Crippen molar-refractivity contribution in [2.24, 2.45) is 10.8 Å². The van der Waals surface area contributed by atoms with Gasteiger partial charge in [0.1, 0.15) is 28.9 Å². The number of rotatable bonds is 2. The number of methoxy groups -OCH3 is 1. The van der Waals surface area contributed by atoms with Crippen molar-refractivity contribution in [2.75, 3.05) is 25.3 Å². The summed E-state index contributed by atoms with van der Waals surface area (Å²) in [6.07, 6.45) is 1.83. The molecule has 0 saturated heterocycles. The summed E-state index contributed by atoms with van der Waals surface area (Å²) in [6, 6.07) is 9.53. The van der Waals surface area contributed by atoms with Gasteiger partial charge >= 0.3 is 0 Å². The van der Waals surface area contributed by atoms with Crippen LogP contribution in [0.2, 0.25) is 0 Å². The number of benzene rings is 1. The van der Waals surface area contributed by atoms with Crippen molar-refractivity contribution in [1.82, 2.24) is 0 Å². The summed E-state index contributed by atoms with van der Waals surface area (Å²) in [5, 5.41) is 15.4. The number of nitrogens with two attached hydrogens (primary N) is 1. The van der Waals surface area contributed by atoms with Crippen LogP contribution in [-0.4, -0.2) is 26.0 Å². The molecular weight excluding hydrogens is 268 g/mol. The molecule has 3 rings (SSSR count). The van der Waals surface area contributed by atoms with Gasteiger partial charge in [-0.3, -0.25) is 0 Å². The summed E-state index contributed by atoms with van der Waals surface area (Å²) in [5.41, 5.74) is 8.68. The van der Waals surface area contributed by atoms with E-state index in [-0.39, 0.29) is 0 Å². The number of hydrazone groups is 1. The second-order valence-corrected chi connectivity index (χ2v) is 4.54. The maximum atomic E-state index is 9.41.